The van der Waals surface area contributed by atoms with Gasteiger partial charge in [0, 0.05) is 5.56 Å². The van der Waals surface area contributed by atoms with Crippen LogP contribution in [0, 0.1) is 6.92 Å². The van der Waals surface area contributed by atoms with Crippen LogP contribution in [0.5, 0.6) is 0 Å². The first-order valence-corrected chi connectivity index (χ1v) is 9.66. The molecule has 0 N–H and O–H groups in total. The summed E-state index contributed by atoms with van der Waals surface area (Å²) in [6.07, 6.45) is 0. The van der Waals surface area contributed by atoms with Gasteiger partial charge in [-0.25, -0.2) is 8.42 Å². The lowest BCUT2D eigenvalue weighted by Crippen LogP contribution is -2.41. The highest BCUT2D eigenvalue weighted by atomic mass is 32.2. The summed E-state index contributed by atoms with van der Waals surface area (Å²) >= 11 is 0. The molecule has 0 aliphatic rings. The lowest BCUT2D eigenvalue weighted by molar-refractivity contribution is -0.113. The summed E-state index contributed by atoms with van der Waals surface area (Å²) in [4.78, 5) is 25.5. The number of aryl methyl sites for hydroxylation is 1. The minimum absolute atomic E-state index is 0.0637. The van der Waals surface area contributed by atoms with E-state index in [4.69, 9.17) is 0 Å². The van der Waals surface area contributed by atoms with Gasteiger partial charge < -0.3 is 0 Å². The molecule has 0 bridgehead atoms. The number of hydrogen-bond donors (Lipinski definition) is 0. The normalized spacial score (nSPS) is 11.0. The van der Waals surface area contributed by atoms with Crippen molar-refractivity contribution in [1.82, 2.24) is 0 Å². The van der Waals surface area contributed by atoms with Crippen LogP contribution in [0.25, 0.3) is 0 Å². The fourth-order valence-corrected chi connectivity index (χ4v) is 3.94. The average Bonchev–Trinajstić information content (AvgIpc) is 2.69. The van der Waals surface area contributed by atoms with E-state index < -0.39 is 21.7 Å². The van der Waals surface area contributed by atoms with Crippen LogP contribution in [0.1, 0.15) is 15.9 Å². The van der Waals surface area contributed by atoms with E-state index in [-0.39, 0.29) is 16.1 Å². The second-order valence-corrected chi connectivity index (χ2v) is 7.71. The first kappa shape index (κ1) is 18.5. The molecule has 3 rings (SSSR count). The third-order valence-electron chi connectivity index (χ3n) is 3.96. The number of carbonyl (C=O) groups excluding carboxylic acids is 2. The van der Waals surface area contributed by atoms with Crippen LogP contribution >= 0.6 is 0 Å². The van der Waals surface area contributed by atoms with Gasteiger partial charge in [-0.1, -0.05) is 66.2 Å². The molecular formula is C21H17NO4S. The van der Waals surface area contributed by atoms with Crippen molar-refractivity contribution in [1.29, 1.82) is 0 Å². The summed E-state index contributed by atoms with van der Waals surface area (Å²) in [6, 6.07) is 21.8. The Balaban J connectivity index is 2.11. The van der Waals surface area contributed by atoms with E-state index >= 15 is 0 Å². The van der Waals surface area contributed by atoms with Gasteiger partial charge in [-0.2, -0.15) is 4.31 Å². The van der Waals surface area contributed by atoms with Crippen molar-refractivity contribution < 1.29 is 18.0 Å². The van der Waals surface area contributed by atoms with Gasteiger partial charge in [0.2, 0.25) is 0 Å². The van der Waals surface area contributed by atoms with Gasteiger partial charge in [0.1, 0.15) is 0 Å². The molecule has 0 fully saturated rings. The molecule has 0 unspecified atom stereocenters. The third-order valence-corrected chi connectivity index (χ3v) is 5.69. The summed E-state index contributed by atoms with van der Waals surface area (Å²) in [5, 5.41) is 0. The second kappa shape index (κ2) is 7.55. The molecule has 0 saturated carbocycles. The summed E-state index contributed by atoms with van der Waals surface area (Å²) in [7, 11) is -4.26. The molecule has 0 aromatic heterocycles. The van der Waals surface area contributed by atoms with Crippen molar-refractivity contribution >= 4 is 27.4 Å². The molecule has 0 aliphatic carbocycles. The molecule has 6 heteroatoms. The van der Waals surface area contributed by atoms with Crippen LogP contribution in [0.2, 0.25) is 0 Å². The number of para-hydroxylation sites is 1. The lowest BCUT2D eigenvalue weighted by atomic mass is 10.1. The number of hydrogen-bond acceptors (Lipinski definition) is 4. The summed E-state index contributed by atoms with van der Waals surface area (Å²) in [6.45, 7) is 1.83. The van der Waals surface area contributed by atoms with Crippen LogP contribution in [-0.4, -0.2) is 20.1 Å². The molecule has 0 atom stereocenters. The number of rotatable bonds is 5. The number of benzene rings is 3. The van der Waals surface area contributed by atoms with Gasteiger partial charge in [0.05, 0.1) is 10.6 Å². The standard InChI is InChI=1S/C21H17NO4S/c1-16-12-14-19(15-13-16)27(25,26)22(18-10-6-3-7-11-18)21(24)20(23)17-8-4-2-5-9-17/h2-15H,1H3. The Morgan fingerprint density at radius 1 is 0.741 bits per heavy atom. The van der Waals surface area contributed by atoms with Crippen molar-refractivity contribution in [2.24, 2.45) is 0 Å². The highest BCUT2D eigenvalue weighted by Gasteiger charge is 2.35. The quantitative estimate of drug-likeness (QED) is 0.502. The first-order chi connectivity index (χ1) is 12.9. The van der Waals surface area contributed by atoms with Crippen LogP contribution in [0.3, 0.4) is 0 Å². The van der Waals surface area contributed by atoms with Crippen LogP contribution in [0.4, 0.5) is 5.69 Å². The maximum atomic E-state index is 13.2. The predicted molar refractivity (Wildman–Crippen MR) is 103 cm³/mol. The largest absolute Gasteiger partial charge is 0.313 e. The highest BCUT2D eigenvalue weighted by Crippen LogP contribution is 2.25. The number of anilines is 1. The molecule has 3 aromatic carbocycles. The fraction of sp³-hybridized carbons (Fsp3) is 0.0476. The maximum absolute atomic E-state index is 13.2. The van der Waals surface area contributed by atoms with E-state index in [2.05, 4.69) is 0 Å². The number of ketones is 1. The Morgan fingerprint density at radius 3 is 1.81 bits per heavy atom. The zero-order valence-corrected chi connectivity index (χ0v) is 15.4. The molecule has 0 radical (unpaired) electrons. The molecule has 3 aromatic rings. The zero-order valence-electron chi connectivity index (χ0n) is 14.6. The summed E-state index contributed by atoms with van der Waals surface area (Å²) in [5.41, 5.74) is 1.11. The maximum Gasteiger partial charge on any atom is 0.313 e. The van der Waals surface area contributed by atoms with Gasteiger partial charge in [0.25, 0.3) is 15.8 Å². The third kappa shape index (κ3) is 3.80. The Kier molecular flexibility index (Phi) is 5.19. The number of sulfonamides is 1. The van der Waals surface area contributed by atoms with Gasteiger partial charge >= 0.3 is 5.91 Å². The Hall–Kier alpha value is -3.25. The summed E-state index contributed by atoms with van der Waals surface area (Å²) in [5.74, 6) is -2.02. The topological polar surface area (TPSA) is 71.5 Å². The van der Waals surface area contributed by atoms with E-state index in [9.17, 15) is 18.0 Å². The Labute approximate surface area is 157 Å². The smallest absolute Gasteiger partial charge is 0.283 e. The van der Waals surface area contributed by atoms with E-state index in [0.29, 0.717) is 4.31 Å². The molecule has 5 nitrogen and oxygen atoms in total. The average molecular weight is 379 g/mol. The van der Waals surface area contributed by atoms with Gasteiger partial charge in [0.15, 0.2) is 0 Å². The number of nitrogens with zero attached hydrogens (tertiary/aromatic N) is 1. The van der Waals surface area contributed by atoms with Crippen molar-refractivity contribution in [3.8, 4) is 0 Å². The van der Waals surface area contributed by atoms with Gasteiger partial charge in [-0.05, 0) is 31.2 Å². The molecule has 0 spiro atoms. The summed E-state index contributed by atoms with van der Waals surface area (Å²) < 4.78 is 26.9. The zero-order chi connectivity index (χ0) is 19.4. The molecule has 27 heavy (non-hydrogen) atoms. The van der Waals surface area contributed by atoms with E-state index in [0.717, 1.165) is 5.56 Å². The molecule has 0 heterocycles. The predicted octanol–water partition coefficient (Wildman–Crippen LogP) is 3.60. The molecular weight excluding hydrogens is 362 g/mol. The monoisotopic (exact) mass is 379 g/mol. The highest BCUT2D eigenvalue weighted by molar-refractivity contribution is 7.93. The van der Waals surface area contributed by atoms with Crippen LogP contribution in [0.15, 0.2) is 89.8 Å². The molecule has 0 aliphatic heterocycles. The Morgan fingerprint density at radius 2 is 1.26 bits per heavy atom. The SMILES string of the molecule is Cc1ccc(S(=O)(=O)N(C(=O)C(=O)c2ccccc2)c2ccccc2)cc1. The first-order valence-electron chi connectivity index (χ1n) is 8.22. The number of Topliss-reactive ketones (excluding diaryl/α,β-unsaturated/α-hetero) is 1. The minimum atomic E-state index is -4.26. The van der Waals surface area contributed by atoms with Gasteiger partial charge in [-0.3, -0.25) is 9.59 Å². The Bertz CT molecular complexity index is 1060. The van der Waals surface area contributed by atoms with Crippen molar-refractivity contribution in [3.63, 3.8) is 0 Å². The van der Waals surface area contributed by atoms with E-state index in [1.54, 1.807) is 48.5 Å². The van der Waals surface area contributed by atoms with Crippen LogP contribution < -0.4 is 4.31 Å². The van der Waals surface area contributed by atoms with E-state index in [1.807, 2.05) is 6.92 Å². The molecule has 1 amide bonds. The van der Waals surface area contributed by atoms with Crippen molar-refractivity contribution in [2.75, 3.05) is 4.31 Å². The molecule has 0 saturated heterocycles. The fourth-order valence-electron chi connectivity index (χ4n) is 2.55. The number of amides is 1. The minimum Gasteiger partial charge on any atom is -0.283 e. The number of carbonyl (C=O) groups is 2. The lowest BCUT2D eigenvalue weighted by Gasteiger charge is -2.22. The van der Waals surface area contributed by atoms with E-state index in [1.165, 1.54) is 36.4 Å². The second-order valence-electron chi connectivity index (χ2n) is 5.92. The molecule has 136 valence electrons. The van der Waals surface area contributed by atoms with Gasteiger partial charge in [-0.15, -0.1) is 0 Å². The van der Waals surface area contributed by atoms with Crippen molar-refractivity contribution in [2.45, 2.75) is 11.8 Å². The van der Waals surface area contributed by atoms with Crippen molar-refractivity contribution in [3.05, 3.63) is 96.1 Å². The van der Waals surface area contributed by atoms with Crippen LogP contribution in [-0.2, 0) is 14.8 Å².